The third-order valence-corrected chi connectivity index (χ3v) is 3.66. The largest absolute Gasteiger partial charge is 0.449 e. The molecule has 0 saturated carbocycles. The molecule has 0 radical (unpaired) electrons. The third-order valence-electron chi connectivity index (χ3n) is 3.17. The van der Waals surface area contributed by atoms with Crippen LogP contribution in [0.1, 0.15) is 21.0 Å². The molecule has 3 N–H and O–H groups in total. The minimum Gasteiger partial charge on any atom is -0.449 e. The zero-order chi connectivity index (χ0) is 15.9. The van der Waals surface area contributed by atoms with Crippen LogP contribution in [0.2, 0.25) is 0 Å². The maximum absolute atomic E-state index is 12.3. The van der Waals surface area contributed by atoms with Gasteiger partial charge in [0.1, 0.15) is 17.0 Å². The van der Waals surface area contributed by atoms with Crippen LogP contribution in [0.25, 0.3) is 11.0 Å². The van der Waals surface area contributed by atoms with Crippen LogP contribution >= 0.6 is 15.9 Å². The molecule has 0 spiro atoms. The first-order valence-corrected chi connectivity index (χ1v) is 7.08. The Labute approximate surface area is 133 Å². The van der Waals surface area contributed by atoms with E-state index in [1.807, 2.05) is 0 Å². The van der Waals surface area contributed by atoms with Crippen molar-refractivity contribution in [3.63, 3.8) is 0 Å². The van der Waals surface area contributed by atoms with Crippen LogP contribution in [0.15, 0.2) is 39.4 Å². The number of primary amides is 1. The number of carbonyl (C=O) groups excluding carboxylic acids is 2. The van der Waals surface area contributed by atoms with Gasteiger partial charge in [0.15, 0.2) is 0 Å². The maximum atomic E-state index is 12.3. The SMILES string of the molecule is Cn1nccc1C(=O)Nc1c(C(N)=O)oc2ccc(Br)cc12. The molecule has 0 unspecified atom stereocenters. The van der Waals surface area contributed by atoms with Crippen LogP contribution in [0.4, 0.5) is 5.69 Å². The molecule has 3 aromatic rings. The van der Waals surface area contributed by atoms with E-state index in [-0.39, 0.29) is 11.4 Å². The molecule has 0 fully saturated rings. The van der Waals surface area contributed by atoms with E-state index in [2.05, 4.69) is 26.3 Å². The Morgan fingerprint density at radius 1 is 1.36 bits per heavy atom. The molecule has 112 valence electrons. The van der Waals surface area contributed by atoms with E-state index in [0.717, 1.165) is 4.47 Å². The van der Waals surface area contributed by atoms with E-state index in [4.69, 9.17) is 10.2 Å². The number of nitrogens with two attached hydrogens (primary N) is 1. The number of benzene rings is 1. The van der Waals surface area contributed by atoms with Crippen molar-refractivity contribution in [2.45, 2.75) is 0 Å². The van der Waals surface area contributed by atoms with Crippen molar-refractivity contribution < 1.29 is 14.0 Å². The minimum atomic E-state index is -0.757. The normalized spacial score (nSPS) is 10.8. The number of nitrogens with zero attached hydrogens (tertiary/aromatic N) is 2. The second-order valence-corrected chi connectivity index (χ2v) is 5.52. The van der Waals surface area contributed by atoms with E-state index in [0.29, 0.717) is 16.7 Å². The lowest BCUT2D eigenvalue weighted by Gasteiger charge is -2.05. The maximum Gasteiger partial charge on any atom is 0.286 e. The van der Waals surface area contributed by atoms with Gasteiger partial charge in [-0.25, -0.2) is 0 Å². The van der Waals surface area contributed by atoms with Gasteiger partial charge in [0, 0.05) is 23.1 Å². The Bertz CT molecular complexity index is 897. The fraction of sp³-hybridized carbons (Fsp3) is 0.0714. The lowest BCUT2D eigenvalue weighted by atomic mass is 10.2. The number of hydrogen-bond donors (Lipinski definition) is 2. The highest BCUT2D eigenvalue weighted by atomic mass is 79.9. The van der Waals surface area contributed by atoms with Gasteiger partial charge in [0.05, 0.1) is 0 Å². The second-order valence-electron chi connectivity index (χ2n) is 4.61. The number of amides is 2. The Balaban J connectivity index is 2.10. The lowest BCUT2D eigenvalue weighted by Crippen LogP contribution is -2.19. The fourth-order valence-electron chi connectivity index (χ4n) is 2.14. The summed E-state index contributed by atoms with van der Waals surface area (Å²) in [6.45, 7) is 0. The molecule has 0 aliphatic rings. The number of furan rings is 1. The number of nitrogens with one attached hydrogen (secondary N) is 1. The van der Waals surface area contributed by atoms with Crippen molar-refractivity contribution in [1.82, 2.24) is 9.78 Å². The summed E-state index contributed by atoms with van der Waals surface area (Å²) < 4.78 is 7.64. The lowest BCUT2D eigenvalue weighted by molar-refractivity contribution is 0.0977. The number of rotatable bonds is 3. The number of aromatic nitrogens is 2. The van der Waals surface area contributed by atoms with Crippen LogP contribution in [0, 0.1) is 0 Å². The van der Waals surface area contributed by atoms with Crippen molar-refractivity contribution in [2.75, 3.05) is 5.32 Å². The highest BCUT2D eigenvalue weighted by molar-refractivity contribution is 9.10. The number of aryl methyl sites for hydroxylation is 1. The summed E-state index contributed by atoms with van der Waals surface area (Å²) in [4.78, 5) is 23.9. The number of hydrogen-bond acceptors (Lipinski definition) is 4. The molecule has 7 nitrogen and oxygen atoms in total. The van der Waals surface area contributed by atoms with Gasteiger partial charge < -0.3 is 15.5 Å². The third kappa shape index (κ3) is 2.37. The highest BCUT2D eigenvalue weighted by Gasteiger charge is 2.22. The molecule has 2 amide bonds. The zero-order valence-electron chi connectivity index (χ0n) is 11.5. The molecular formula is C14H11BrN4O3. The smallest absolute Gasteiger partial charge is 0.286 e. The van der Waals surface area contributed by atoms with Crippen LogP contribution in [-0.4, -0.2) is 21.6 Å². The first-order chi connectivity index (χ1) is 10.5. The molecule has 0 aliphatic heterocycles. The highest BCUT2D eigenvalue weighted by Crippen LogP contribution is 2.33. The average Bonchev–Trinajstić information content (AvgIpc) is 3.03. The topological polar surface area (TPSA) is 103 Å². The van der Waals surface area contributed by atoms with Crippen LogP contribution in [-0.2, 0) is 7.05 Å². The molecule has 22 heavy (non-hydrogen) atoms. The Morgan fingerprint density at radius 3 is 2.77 bits per heavy atom. The van der Waals surface area contributed by atoms with Crippen molar-refractivity contribution in [3.05, 3.63) is 46.4 Å². The van der Waals surface area contributed by atoms with Crippen LogP contribution in [0.3, 0.4) is 0 Å². The number of carbonyl (C=O) groups is 2. The van der Waals surface area contributed by atoms with Crippen molar-refractivity contribution in [2.24, 2.45) is 12.8 Å². The van der Waals surface area contributed by atoms with E-state index in [9.17, 15) is 9.59 Å². The van der Waals surface area contributed by atoms with E-state index >= 15 is 0 Å². The monoisotopic (exact) mass is 362 g/mol. The first-order valence-electron chi connectivity index (χ1n) is 6.28. The zero-order valence-corrected chi connectivity index (χ0v) is 13.0. The molecule has 8 heteroatoms. The summed E-state index contributed by atoms with van der Waals surface area (Å²) in [5.74, 6) is -1.26. The van der Waals surface area contributed by atoms with Crippen LogP contribution < -0.4 is 11.1 Å². The van der Waals surface area contributed by atoms with Gasteiger partial charge in [0.25, 0.3) is 11.8 Å². The first kappa shape index (κ1) is 14.3. The van der Waals surface area contributed by atoms with Gasteiger partial charge in [-0.2, -0.15) is 5.10 Å². The Hall–Kier alpha value is -2.61. The summed E-state index contributed by atoms with van der Waals surface area (Å²) in [6.07, 6.45) is 1.51. The summed E-state index contributed by atoms with van der Waals surface area (Å²) in [7, 11) is 1.65. The summed E-state index contributed by atoms with van der Waals surface area (Å²) in [5.41, 5.74) is 6.38. The molecule has 0 bridgehead atoms. The van der Waals surface area contributed by atoms with Gasteiger partial charge in [-0.1, -0.05) is 15.9 Å². The summed E-state index contributed by atoms with van der Waals surface area (Å²) in [6, 6.07) is 6.76. The predicted octanol–water partition coefficient (Wildman–Crippen LogP) is 2.28. The molecule has 2 heterocycles. The van der Waals surface area contributed by atoms with Gasteiger partial charge in [0.2, 0.25) is 5.76 Å². The van der Waals surface area contributed by atoms with Gasteiger partial charge in [-0.3, -0.25) is 14.3 Å². The van der Waals surface area contributed by atoms with Crippen molar-refractivity contribution >= 4 is 44.4 Å². The van der Waals surface area contributed by atoms with Crippen molar-refractivity contribution in [3.8, 4) is 0 Å². The summed E-state index contributed by atoms with van der Waals surface area (Å²) >= 11 is 3.34. The van der Waals surface area contributed by atoms with E-state index < -0.39 is 11.8 Å². The summed E-state index contributed by atoms with van der Waals surface area (Å²) in [5, 5.41) is 7.19. The van der Waals surface area contributed by atoms with E-state index in [1.54, 1.807) is 31.3 Å². The van der Waals surface area contributed by atoms with Crippen molar-refractivity contribution in [1.29, 1.82) is 0 Å². The molecule has 1 aromatic carbocycles. The average molecular weight is 363 g/mol. The Morgan fingerprint density at radius 2 is 2.14 bits per heavy atom. The molecule has 0 atom stereocenters. The van der Waals surface area contributed by atoms with E-state index in [1.165, 1.54) is 10.9 Å². The minimum absolute atomic E-state index is 0.0939. The van der Waals surface area contributed by atoms with Gasteiger partial charge in [-0.15, -0.1) is 0 Å². The number of anilines is 1. The molecule has 0 saturated heterocycles. The second kappa shape index (κ2) is 5.30. The fourth-order valence-corrected chi connectivity index (χ4v) is 2.50. The molecule has 2 aromatic heterocycles. The molecule has 3 rings (SSSR count). The van der Waals surface area contributed by atoms with Gasteiger partial charge >= 0.3 is 0 Å². The predicted molar refractivity (Wildman–Crippen MR) is 83.6 cm³/mol. The standard InChI is InChI=1S/C14H11BrN4O3/c1-19-9(4-5-17-19)14(21)18-11-8-6-7(15)2-3-10(8)22-12(11)13(16)20/h2-6H,1H3,(H2,16,20)(H,18,21). The van der Waals surface area contributed by atoms with Crippen LogP contribution in [0.5, 0.6) is 0 Å². The number of fused-ring (bicyclic) bond motifs is 1. The molecular weight excluding hydrogens is 352 g/mol. The van der Waals surface area contributed by atoms with Gasteiger partial charge in [-0.05, 0) is 24.3 Å². The Kier molecular flexibility index (Phi) is 3.45. The molecule has 0 aliphatic carbocycles. The number of halogens is 1. The quantitative estimate of drug-likeness (QED) is 0.745.